The van der Waals surface area contributed by atoms with Gasteiger partial charge in [-0.25, -0.2) is 4.79 Å². The van der Waals surface area contributed by atoms with E-state index in [2.05, 4.69) is 41.2 Å². The van der Waals surface area contributed by atoms with Crippen LogP contribution in [0.3, 0.4) is 0 Å². The Hall–Kier alpha value is -3.11. The third kappa shape index (κ3) is 6.95. The van der Waals surface area contributed by atoms with E-state index >= 15 is 0 Å². The molecule has 4 rings (SSSR count). The summed E-state index contributed by atoms with van der Waals surface area (Å²) in [6.45, 7) is 6.34. The number of piperazine rings is 1. The zero-order valence-corrected chi connectivity index (χ0v) is 19.8. The van der Waals surface area contributed by atoms with Crippen LogP contribution in [-0.4, -0.2) is 66.8 Å². The number of carboxylic acids is 1. The maximum absolute atomic E-state index is 12.6. The number of benzene rings is 2. The molecule has 2 aromatic carbocycles. The first kappa shape index (κ1) is 26.5. The highest BCUT2D eigenvalue weighted by molar-refractivity contribution is 6.04. The molecule has 190 valence electrons. The molecule has 2 aliphatic rings. The molecule has 0 spiro atoms. The summed E-state index contributed by atoms with van der Waals surface area (Å²) in [6.07, 6.45) is -3.03. The number of anilines is 2. The van der Waals surface area contributed by atoms with Crippen LogP contribution in [0.15, 0.2) is 48.5 Å². The fourth-order valence-corrected chi connectivity index (χ4v) is 4.05. The summed E-state index contributed by atoms with van der Waals surface area (Å²) in [5.41, 5.74) is 10.2. The van der Waals surface area contributed by atoms with Gasteiger partial charge in [0.25, 0.3) is 5.91 Å². The van der Waals surface area contributed by atoms with E-state index in [1.807, 2.05) is 36.4 Å². The molecule has 4 N–H and O–H groups in total. The molecular weight excluding hydrogens is 461 g/mol. The van der Waals surface area contributed by atoms with Gasteiger partial charge < -0.3 is 26.0 Å². The monoisotopic (exact) mass is 492 g/mol. The molecule has 1 amide bonds. The van der Waals surface area contributed by atoms with Gasteiger partial charge in [0.1, 0.15) is 0 Å². The smallest absolute Gasteiger partial charge is 0.475 e. The molecule has 2 fully saturated rings. The predicted molar refractivity (Wildman–Crippen MR) is 129 cm³/mol. The summed E-state index contributed by atoms with van der Waals surface area (Å²) in [5.74, 6) is -2.39. The summed E-state index contributed by atoms with van der Waals surface area (Å²) in [7, 11) is 2.15. The Labute approximate surface area is 202 Å². The molecule has 0 radical (unpaired) electrons. The molecule has 2 atom stereocenters. The van der Waals surface area contributed by atoms with Gasteiger partial charge in [0.05, 0.1) is 0 Å². The van der Waals surface area contributed by atoms with Crippen molar-refractivity contribution in [2.75, 3.05) is 43.4 Å². The lowest BCUT2D eigenvalue weighted by Gasteiger charge is -2.34. The van der Waals surface area contributed by atoms with Crippen LogP contribution in [0.4, 0.5) is 24.5 Å². The van der Waals surface area contributed by atoms with Crippen LogP contribution in [-0.2, 0) is 4.79 Å². The van der Waals surface area contributed by atoms with Crippen molar-refractivity contribution in [1.82, 2.24) is 4.90 Å². The van der Waals surface area contributed by atoms with Gasteiger partial charge in [-0.3, -0.25) is 4.79 Å². The molecule has 1 saturated carbocycles. The Morgan fingerprint density at radius 3 is 2.06 bits per heavy atom. The average molecular weight is 493 g/mol. The van der Waals surface area contributed by atoms with E-state index in [4.69, 9.17) is 15.6 Å². The lowest BCUT2D eigenvalue weighted by atomic mass is 10.0. The predicted octanol–water partition coefficient (Wildman–Crippen LogP) is 3.92. The maximum Gasteiger partial charge on any atom is 0.490 e. The number of nitrogens with zero attached hydrogens (tertiary/aromatic N) is 2. The summed E-state index contributed by atoms with van der Waals surface area (Å²) in [4.78, 5) is 26.2. The van der Waals surface area contributed by atoms with Crippen molar-refractivity contribution < 1.29 is 27.9 Å². The number of hydrogen-bond donors (Lipinski definition) is 3. The summed E-state index contributed by atoms with van der Waals surface area (Å²) in [5, 5.41) is 10.1. The van der Waals surface area contributed by atoms with Gasteiger partial charge in [-0.2, -0.15) is 13.2 Å². The lowest BCUT2D eigenvalue weighted by Crippen LogP contribution is -2.44. The molecule has 2 aromatic rings. The van der Waals surface area contributed by atoms with E-state index in [1.165, 1.54) is 11.3 Å². The molecule has 0 aromatic heterocycles. The minimum absolute atomic E-state index is 0.0315. The topological polar surface area (TPSA) is 98.9 Å². The van der Waals surface area contributed by atoms with Crippen LogP contribution >= 0.6 is 0 Å². The third-order valence-electron chi connectivity index (χ3n) is 6.59. The average Bonchev–Trinajstić information content (AvgIpc) is 3.52. The lowest BCUT2D eigenvalue weighted by molar-refractivity contribution is -0.192. The van der Waals surface area contributed by atoms with Gasteiger partial charge in [-0.1, -0.05) is 19.1 Å². The highest BCUT2D eigenvalue weighted by Gasteiger charge is 2.49. The van der Waals surface area contributed by atoms with Crippen molar-refractivity contribution in [3.63, 3.8) is 0 Å². The van der Waals surface area contributed by atoms with Crippen molar-refractivity contribution in [1.29, 1.82) is 0 Å². The first-order valence-electron chi connectivity index (χ1n) is 11.5. The number of carbonyl (C=O) groups is 2. The zero-order valence-electron chi connectivity index (χ0n) is 19.8. The summed E-state index contributed by atoms with van der Waals surface area (Å²) in [6, 6.07) is 16.0. The number of nitrogens with two attached hydrogens (primary N) is 1. The SMILES string of the molecule is CC[C@]1(N)C[C@H]1c1ccc(NC(=O)c2ccc(N3CCN(C)CC3)cc2)cc1.O=C(O)C(F)(F)F. The normalized spacial score (nSPS) is 22.1. The quantitative estimate of drug-likeness (QED) is 0.585. The van der Waals surface area contributed by atoms with Crippen LogP contribution in [0.5, 0.6) is 0 Å². The van der Waals surface area contributed by atoms with E-state index in [0.29, 0.717) is 11.5 Å². The van der Waals surface area contributed by atoms with Crippen molar-refractivity contribution in [2.45, 2.75) is 37.4 Å². The van der Waals surface area contributed by atoms with Gasteiger partial charge in [0.15, 0.2) is 0 Å². The van der Waals surface area contributed by atoms with Crippen LogP contribution in [0.25, 0.3) is 0 Å². The number of hydrogen-bond acceptors (Lipinski definition) is 5. The van der Waals surface area contributed by atoms with Gasteiger partial charge in [0.2, 0.25) is 0 Å². The van der Waals surface area contributed by atoms with Gasteiger partial charge >= 0.3 is 12.1 Å². The number of carbonyl (C=O) groups excluding carboxylic acids is 1. The standard InChI is InChI=1S/C23H30N4O.C2HF3O2/c1-3-23(24)16-21(23)17-4-8-19(9-5-17)25-22(28)18-6-10-20(11-7-18)27-14-12-26(2)13-15-27;3-2(4,5)1(6)7/h4-11,21H,3,12-16,24H2,1-2H3,(H,25,28);(H,6,7)/t21-,23-;/m0./s1. The molecule has 35 heavy (non-hydrogen) atoms. The Morgan fingerprint density at radius 1 is 1.06 bits per heavy atom. The van der Waals surface area contributed by atoms with E-state index in [1.54, 1.807) is 0 Å². The number of likely N-dealkylation sites (N-methyl/N-ethyl adjacent to an activating group) is 1. The van der Waals surface area contributed by atoms with Gasteiger partial charge in [-0.15, -0.1) is 0 Å². The van der Waals surface area contributed by atoms with Crippen LogP contribution in [0.2, 0.25) is 0 Å². The van der Waals surface area contributed by atoms with E-state index in [-0.39, 0.29) is 11.4 Å². The Kier molecular flexibility index (Phi) is 8.07. The van der Waals surface area contributed by atoms with Crippen molar-refractivity contribution in [3.05, 3.63) is 59.7 Å². The second-order valence-electron chi connectivity index (χ2n) is 9.06. The van der Waals surface area contributed by atoms with Gasteiger partial charge in [-0.05, 0) is 61.9 Å². The third-order valence-corrected chi connectivity index (χ3v) is 6.59. The van der Waals surface area contributed by atoms with Gasteiger partial charge in [0, 0.05) is 54.6 Å². The van der Waals surface area contributed by atoms with E-state index in [9.17, 15) is 18.0 Å². The Balaban J connectivity index is 0.000000429. The number of carboxylic acid groups (broad SMARTS) is 1. The molecule has 1 aliphatic heterocycles. The van der Waals surface area contributed by atoms with Crippen molar-refractivity contribution in [2.24, 2.45) is 5.73 Å². The molecular formula is C25H31F3N4O3. The molecule has 1 heterocycles. The highest BCUT2D eigenvalue weighted by Crippen LogP contribution is 2.51. The second-order valence-corrected chi connectivity index (χ2v) is 9.06. The van der Waals surface area contributed by atoms with E-state index in [0.717, 1.165) is 44.7 Å². The maximum atomic E-state index is 12.6. The van der Waals surface area contributed by atoms with Crippen LogP contribution in [0.1, 0.15) is 41.6 Å². The summed E-state index contributed by atoms with van der Waals surface area (Å²) < 4.78 is 31.7. The fraction of sp³-hybridized carbons (Fsp3) is 0.440. The minimum atomic E-state index is -5.08. The number of aliphatic carboxylic acids is 1. The Bertz CT molecular complexity index is 1020. The number of nitrogens with one attached hydrogen (secondary N) is 1. The second kappa shape index (κ2) is 10.7. The first-order chi connectivity index (χ1) is 16.4. The van der Waals surface area contributed by atoms with E-state index < -0.39 is 12.1 Å². The Morgan fingerprint density at radius 2 is 1.60 bits per heavy atom. The summed E-state index contributed by atoms with van der Waals surface area (Å²) >= 11 is 0. The molecule has 0 unspecified atom stereocenters. The fourth-order valence-electron chi connectivity index (χ4n) is 4.05. The molecule has 1 aliphatic carbocycles. The number of halogens is 3. The molecule has 10 heteroatoms. The number of alkyl halides is 3. The first-order valence-corrected chi connectivity index (χ1v) is 11.5. The number of rotatable bonds is 5. The molecule has 7 nitrogen and oxygen atoms in total. The van der Waals surface area contributed by atoms with Crippen LogP contribution in [0, 0.1) is 0 Å². The van der Waals surface area contributed by atoms with Crippen molar-refractivity contribution in [3.8, 4) is 0 Å². The molecule has 0 bridgehead atoms. The van der Waals surface area contributed by atoms with Crippen LogP contribution < -0.4 is 16.0 Å². The number of amides is 1. The zero-order chi connectivity index (χ0) is 25.8. The van der Waals surface area contributed by atoms with Crippen molar-refractivity contribution >= 4 is 23.3 Å². The molecule has 1 saturated heterocycles. The largest absolute Gasteiger partial charge is 0.490 e. The minimum Gasteiger partial charge on any atom is -0.475 e. The highest BCUT2D eigenvalue weighted by atomic mass is 19.4.